The highest BCUT2D eigenvalue weighted by atomic mass is 35.5. The van der Waals surface area contributed by atoms with Crippen LogP contribution in [0.5, 0.6) is 6.01 Å². The van der Waals surface area contributed by atoms with Gasteiger partial charge in [0.15, 0.2) is 0 Å². The van der Waals surface area contributed by atoms with E-state index in [0.717, 1.165) is 0 Å². The Hall–Kier alpha value is -1.76. The predicted octanol–water partition coefficient (Wildman–Crippen LogP) is 3.95. The molecule has 0 aliphatic rings. The molecule has 2 aromatic rings. The van der Waals surface area contributed by atoms with Gasteiger partial charge in [-0.15, -0.1) is 10.1 Å². The molecule has 1 heterocycles. The molecule has 0 radical (unpaired) electrons. The Labute approximate surface area is 128 Å². The monoisotopic (exact) mass is 333 g/mol. The smallest absolute Gasteiger partial charge is 0.286 e. The van der Waals surface area contributed by atoms with E-state index in [1.807, 2.05) is 0 Å². The molecule has 2 rings (SSSR count). The molecular weight excluding hydrogens is 328 g/mol. The summed E-state index contributed by atoms with van der Waals surface area (Å²) in [5.41, 5.74) is 0.526. The molecule has 0 saturated heterocycles. The maximum Gasteiger partial charge on any atom is 0.302 e. The minimum absolute atomic E-state index is 0.224. The molecular formula is C11H6Cl3N3O3. The Morgan fingerprint density at radius 3 is 2.85 bits per heavy atom. The van der Waals surface area contributed by atoms with Gasteiger partial charge >= 0.3 is 5.09 Å². The average Bonchev–Trinajstić information content (AvgIpc) is 2.75. The average molecular weight is 335 g/mol. The van der Waals surface area contributed by atoms with Crippen molar-refractivity contribution in [1.29, 1.82) is 0 Å². The molecule has 0 fully saturated rings. The van der Waals surface area contributed by atoms with Gasteiger partial charge in [-0.25, -0.2) is 9.82 Å². The minimum atomic E-state index is -0.962. The Bertz CT molecular complexity index is 685. The van der Waals surface area contributed by atoms with Crippen molar-refractivity contribution < 1.29 is 9.92 Å². The first kappa shape index (κ1) is 14.6. The van der Waals surface area contributed by atoms with Crippen molar-refractivity contribution in [2.45, 2.75) is 0 Å². The fraction of sp³-hybridized carbons (Fsp3) is 0. The van der Waals surface area contributed by atoms with Crippen LogP contribution in [0.15, 0.2) is 30.6 Å². The Morgan fingerprint density at radius 2 is 2.20 bits per heavy atom. The standard InChI is InChI=1S/C11H6Cl3N3O3/c12-7-1-2-8(9(13)5-7)10(14)6-16-4-3-15-11(16)20-17(18)19/h1-6H/b10-6+. The number of aromatic nitrogens is 2. The van der Waals surface area contributed by atoms with Crippen LogP contribution in [0.4, 0.5) is 0 Å². The lowest BCUT2D eigenvalue weighted by Crippen LogP contribution is -2.07. The number of halogens is 3. The Balaban J connectivity index is 2.35. The van der Waals surface area contributed by atoms with Gasteiger partial charge in [0, 0.05) is 29.2 Å². The lowest BCUT2D eigenvalue weighted by Gasteiger charge is -2.05. The van der Waals surface area contributed by atoms with E-state index >= 15 is 0 Å². The van der Waals surface area contributed by atoms with Crippen LogP contribution in [-0.4, -0.2) is 14.6 Å². The van der Waals surface area contributed by atoms with Crippen LogP contribution in [0.2, 0.25) is 10.0 Å². The van der Waals surface area contributed by atoms with Crippen LogP contribution in [0.1, 0.15) is 5.56 Å². The molecule has 0 bridgehead atoms. The highest BCUT2D eigenvalue weighted by Crippen LogP contribution is 2.30. The van der Waals surface area contributed by atoms with Crippen LogP contribution >= 0.6 is 34.8 Å². The van der Waals surface area contributed by atoms with E-state index in [2.05, 4.69) is 9.82 Å². The number of nitrogens with zero attached hydrogens (tertiary/aromatic N) is 3. The van der Waals surface area contributed by atoms with Gasteiger partial charge in [-0.2, -0.15) is 0 Å². The van der Waals surface area contributed by atoms with Crippen molar-refractivity contribution in [2.75, 3.05) is 0 Å². The van der Waals surface area contributed by atoms with Gasteiger partial charge in [-0.1, -0.05) is 40.9 Å². The summed E-state index contributed by atoms with van der Waals surface area (Å²) in [4.78, 5) is 18.3. The van der Waals surface area contributed by atoms with Crippen molar-refractivity contribution in [3.05, 3.63) is 56.3 Å². The van der Waals surface area contributed by atoms with Crippen molar-refractivity contribution in [3.8, 4) is 6.01 Å². The van der Waals surface area contributed by atoms with Crippen molar-refractivity contribution in [3.63, 3.8) is 0 Å². The van der Waals surface area contributed by atoms with Gasteiger partial charge in [0.25, 0.3) is 6.01 Å². The maximum atomic E-state index is 10.3. The van der Waals surface area contributed by atoms with E-state index in [9.17, 15) is 10.1 Å². The summed E-state index contributed by atoms with van der Waals surface area (Å²) in [6.07, 6.45) is 4.18. The van der Waals surface area contributed by atoms with E-state index < -0.39 is 5.09 Å². The van der Waals surface area contributed by atoms with Gasteiger partial charge in [0.05, 0.1) is 10.1 Å². The molecule has 1 aromatic carbocycles. The van der Waals surface area contributed by atoms with E-state index in [0.29, 0.717) is 15.6 Å². The van der Waals surface area contributed by atoms with Gasteiger partial charge in [0.1, 0.15) is 0 Å². The molecule has 9 heteroatoms. The van der Waals surface area contributed by atoms with Crippen LogP contribution in [0.25, 0.3) is 11.2 Å². The molecule has 0 atom stereocenters. The second-order valence-corrected chi connectivity index (χ2v) is 4.78. The van der Waals surface area contributed by atoms with E-state index in [1.165, 1.54) is 29.2 Å². The van der Waals surface area contributed by atoms with E-state index in [1.54, 1.807) is 12.1 Å². The SMILES string of the molecule is O=[N+]([O-])Oc1nccn1/C=C(/Cl)c1ccc(Cl)cc1Cl. The summed E-state index contributed by atoms with van der Waals surface area (Å²) in [6, 6.07) is 4.57. The third kappa shape index (κ3) is 3.41. The minimum Gasteiger partial charge on any atom is -0.286 e. The van der Waals surface area contributed by atoms with Crippen LogP contribution in [0.3, 0.4) is 0 Å². The number of rotatable bonds is 4. The van der Waals surface area contributed by atoms with Crippen LogP contribution < -0.4 is 4.84 Å². The topological polar surface area (TPSA) is 70.2 Å². The fourth-order valence-electron chi connectivity index (χ4n) is 1.41. The molecule has 1 aromatic heterocycles. The summed E-state index contributed by atoms with van der Waals surface area (Å²) >= 11 is 17.9. The summed E-state index contributed by atoms with van der Waals surface area (Å²) in [5.74, 6) is 0. The summed E-state index contributed by atoms with van der Waals surface area (Å²) < 4.78 is 1.26. The first-order chi connectivity index (χ1) is 9.47. The zero-order chi connectivity index (χ0) is 14.7. The first-order valence-corrected chi connectivity index (χ1v) is 6.28. The van der Waals surface area contributed by atoms with E-state index in [-0.39, 0.29) is 11.0 Å². The predicted molar refractivity (Wildman–Crippen MR) is 76.3 cm³/mol. The zero-order valence-corrected chi connectivity index (χ0v) is 11.9. The number of hydrogen-bond acceptors (Lipinski definition) is 4. The fourth-order valence-corrected chi connectivity index (χ4v) is 2.24. The lowest BCUT2D eigenvalue weighted by atomic mass is 10.2. The molecule has 0 unspecified atom stereocenters. The second-order valence-electron chi connectivity index (χ2n) is 3.53. The maximum absolute atomic E-state index is 10.3. The molecule has 0 aliphatic carbocycles. The normalized spacial score (nSPS) is 11.4. The highest BCUT2D eigenvalue weighted by Gasteiger charge is 2.09. The van der Waals surface area contributed by atoms with Gasteiger partial charge in [-0.3, -0.25) is 4.57 Å². The van der Waals surface area contributed by atoms with E-state index in [4.69, 9.17) is 34.8 Å². The zero-order valence-electron chi connectivity index (χ0n) is 9.66. The molecule has 0 aliphatic heterocycles. The number of hydrogen-bond donors (Lipinski definition) is 0. The lowest BCUT2D eigenvalue weighted by molar-refractivity contribution is -0.713. The van der Waals surface area contributed by atoms with Gasteiger partial charge in [-0.05, 0) is 12.1 Å². The molecule has 0 saturated carbocycles. The largest absolute Gasteiger partial charge is 0.302 e. The van der Waals surface area contributed by atoms with Crippen molar-refractivity contribution >= 4 is 46.0 Å². The molecule has 104 valence electrons. The molecule has 20 heavy (non-hydrogen) atoms. The highest BCUT2D eigenvalue weighted by molar-refractivity contribution is 6.52. The van der Waals surface area contributed by atoms with Crippen LogP contribution in [-0.2, 0) is 0 Å². The molecule has 0 spiro atoms. The van der Waals surface area contributed by atoms with Gasteiger partial charge < -0.3 is 0 Å². The quantitative estimate of drug-likeness (QED) is 0.627. The summed E-state index contributed by atoms with van der Waals surface area (Å²) in [7, 11) is 0. The van der Waals surface area contributed by atoms with Crippen LogP contribution in [0, 0.1) is 10.1 Å². The third-order valence-corrected chi connectivity index (χ3v) is 3.08. The Kier molecular flexibility index (Phi) is 4.49. The Morgan fingerprint density at radius 1 is 1.45 bits per heavy atom. The summed E-state index contributed by atoms with van der Waals surface area (Å²) in [6.45, 7) is 0. The van der Waals surface area contributed by atoms with Gasteiger partial charge in [0.2, 0.25) is 0 Å². The van der Waals surface area contributed by atoms with Crippen molar-refractivity contribution in [2.24, 2.45) is 0 Å². The third-order valence-electron chi connectivity index (χ3n) is 2.23. The number of imidazole rings is 1. The number of benzene rings is 1. The van der Waals surface area contributed by atoms with Crippen molar-refractivity contribution in [1.82, 2.24) is 9.55 Å². The molecule has 6 nitrogen and oxygen atoms in total. The second kappa shape index (κ2) is 6.13. The first-order valence-electron chi connectivity index (χ1n) is 5.15. The molecule has 0 N–H and O–H groups in total. The molecule has 0 amide bonds. The summed E-state index contributed by atoms with van der Waals surface area (Å²) in [5, 5.41) is 10.4.